The second-order valence-corrected chi connectivity index (χ2v) is 5.95. The van der Waals surface area contributed by atoms with Gasteiger partial charge in [-0.1, -0.05) is 51.8 Å². The van der Waals surface area contributed by atoms with E-state index in [2.05, 4.69) is 59.1 Å². The Labute approximate surface area is 129 Å². The van der Waals surface area contributed by atoms with Crippen LogP contribution in [0.3, 0.4) is 0 Å². The van der Waals surface area contributed by atoms with Crippen molar-refractivity contribution in [2.24, 2.45) is 0 Å². The van der Waals surface area contributed by atoms with Gasteiger partial charge in [0.1, 0.15) is 12.4 Å². The number of likely N-dealkylation sites (N-methyl/N-ethyl adjacent to an activating group) is 1. The summed E-state index contributed by atoms with van der Waals surface area (Å²) in [6.45, 7) is 4.67. The largest absolute Gasteiger partial charge is 0.492 e. The number of nitrogens with zero attached hydrogens (tertiary/aromatic N) is 1. The van der Waals surface area contributed by atoms with Crippen molar-refractivity contribution in [2.45, 2.75) is 13.5 Å². The van der Waals surface area contributed by atoms with Crippen molar-refractivity contribution in [3.05, 3.63) is 64.1 Å². The van der Waals surface area contributed by atoms with Gasteiger partial charge >= 0.3 is 0 Å². The molecule has 2 nitrogen and oxygen atoms in total. The van der Waals surface area contributed by atoms with Crippen LogP contribution < -0.4 is 4.74 Å². The van der Waals surface area contributed by atoms with E-state index in [0.29, 0.717) is 6.61 Å². The summed E-state index contributed by atoms with van der Waals surface area (Å²) in [7, 11) is 2.12. The lowest BCUT2D eigenvalue weighted by Gasteiger charge is -2.17. The molecule has 0 aromatic heterocycles. The van der Waals surface area contributed by atoms with E-state index in [0.717, 1.165) is 23.3 Å². The molecule has 0 amide bonds. The molecule has 0 radical (unpaired) electrons. The molecule has 2 aromatic carbocycles. The molecular formula is C17H20BrNO. The zero-order valence-electron chi connectivity index (χ0n) is 12.0. The molecule has 0 aliphatic carbocycles. The number of hydrogen-bond acceptors (Lipinski definition) is 2. The fraction of sp³-hybridized carbons (Fsp3) is 0.294. The summed E-state index contributed by atoms with van der Waals surface area (Å²) >= 11 is 3.44. The molecule has 2 rings (SSSR count). The van der Waals surface area contributed by atoms with Crippen LogP contribution in [-0.4, -0.2) is 25.1 Å². The van der Waals surface area contributed by atoms with E-state index in [4.69, 9.17) is 4.74 Å². The Kier molecular flexibility index (Phi) is 5.62. The third kappa shape index (κ3) is 4.99. The topological polar surface area (TPSA) is 12.5 Å². The molecule has 0 aliphatic rings. The van der Waals surface area contributed by atoms with Gasteiger partial charge in [0.15, 0.2) is 0 Å². The molecule has 0 saturated heterocycles. The monoisotopic (exact) mass is 333 g/mol. The summed E-state index contributed by atoms with van der Waals surface area (Å²) in [6.07, 6.45) is 0. The molecule has 0 aliphatic heterocycles. The van der Waals surface area contributed by atoms with Gasteiger partial charge in [-0.15, -0.1) is 0 Å². The third-order valence-electron chi connectivity index (χ3n) is 3.07. The lowest BCUT2D eigenvalue weighted by molar-refractivity contribution is 0.233. The van der Waals surface area contributed by atoms with Gasteiger partial charge in [-0.25, -0.2) is 0 Å². The van der Waals surface area contributed by atoms with Gasteiger partial charge in [0, 0.05) is 17.6 Å². The molecule has 0 N–H and O–H groups in total. The van der Waals surface area contributed by atoms with Crippen LogP contribution in [0.1, 0.15) is 11.1 Å². The highest BCUT2D eigenvalue weighted by atomic mass is 79.9. The summed E-state index contributed by atoms with van der Waals surface area (Å²) in [5.74, 6) is 0.906. The third-order valence-corrected chi connectivity index (χ3v) is 3.57. The first kappa shape index (κ1) is 15.1. The van der Waals surface area contributed by atoms with Gasteiger partial charge in [-0.05, 0) is 37.7 Å². The van der Waals surface area contributed by atoms with Crippen molar-refractivity contribution in [1.82, 2.24) is 4.90 Å². The summed E-state index contributed by atoms with van der Waals surface area (Å²) in [4.78, 5) is 2.27. The lowest BCUT2D eigenvalue weighted by atomic mass is 10.1. The van der Waals surface area contributed by atoms with Crippen LogP contribution in [-0.2, 0) is 6.54 Å². The second kappa shape index (κ2) is 7.46. The highest BCUT2D eigenvalue weighted by Crippen LogP contribution is 2.17. The molecule has 0 atom stereocenters. The molecular weight excluding hydrogens is 314 g/mol. The zero-order chi connectivity index (χ0) is 14.4. The Morgan fingerprint density at radius 1 is 1.10 bits per heavy atom. The predicted octanol–water partition coefficient (Wildman–Crippen LogP) is 4.27. The number of rotatable bonds is 6. The highest BCUT2D eigenvalue weighted by Gasteiger charge is 2.01. The van der Waals surface area contributed by atoms with Crippen LogP contribution >= 0.6 is 15.9 Å². The van der Waals surface area contributed by atoms with Crippen molar-refractivity contribution in [3.63, 3.8) is 0 Å². The lowest BCUT2D eigenvalue weighted by Crippen LogP contribution is -2.23. The molecule has 2 aromatic rings. The fourth-order valence-electron chi connectivity index (χ4n) is 2.08. The second-order valence-electron chi connectivity index (χ2n) is 5.03. The van der Waals surface area contributed by atoms with E-state index in [1.807, 2.05) is 24.3 Å². The molecule has 0 spiro atoms. The standard InChI is InChI=1S/C17H20BrNO/c1-14-5-3-6-15(11-14)13-19(2)9-10-20-17-8-4-7-16(18)12-17/h3-8,11-12H,9-10,13H2,1-2H3. The van der Waals surface area contributed by atoms with E-state index in [-0.39, 0.29) is 0 Å². The first-order valence-corrected chi connectivity index (χ1v) is 7.55. The minimum atomic E-state index is 0.693. The average Bonchev–Trinajstić information content (AvgIpc) is 2.38. The van der Waals surface area contributed by atoms with Gasteiger partial charge < -0.3 is 4.74 Å². The van der Waals surface area contributed by atoms with Crippen molar-refractivity contribution < 1.29 is 4.74 Å². The minimum absolute atomic E-state index is 0.693. The molecule has 3 heteroatoms. The first-order valence-electron chi connectivity index (χ1n) is 6.76. The molecule has 0 unspecified atom stereocenters. The molecule has 0 saturated carbocycles. The van der Waals surface area contributed by atoms with Crippen LogP contribution in [0, 0.1) is 6.92 Å². The number of aryl methyl sites for hydroxylation is 1. The fourth-order valence-corrected chi connectivity index (χ4v) is 2.46. The summed E-state index contributed by atoms with van der Waals surface area (Å²) in [5, 5.41) is 0. The van der Waals surface area contributed by atoms with Gasteiger partial charge in [0.05, 0.1) is 0 Å². The Morgan fingerprint density at radius 3 is 2.65 bits per heavy atom. The molecule has 0 heterocycles. The Balaban J connectivity index is 1.76. The van der Waals surface area contributed by atoms with Gasteiger partial charge in [0.2, 0.25) is 0 Å². The van der Waals surface area contributed by atoms with E-state index < -0.39 is 0 Å². The number of ether oxygens (including phenoxy) is 1. The van der Waals surface area contributed by atoms with E-state index in [9.17, 15) is 0 Å². The van der Waals surface area contributed by atoms with Gasteiger partial charge in [-0.3, -0.25) is 4.90 Å². The van der Waals surface area contributed by atoms with Crippen LogP contribution in [0.5, 0.6) is 5.75 Å². The minimum Gasteiger partial charge on any atom is -0.492 e. The normalized spacial score (nSPS) is 10.8. The van der Waals surface area contributed by atoms with Crippen molar-refractivity contribution in [1.29, 1.82) is 0 Å². The molecule has 20 heavy (non-hydrogen) atoms. The Bertz CT molecular complexity index is 556. The van der Waals surface area contributed by atoms with Crippen LogP contribution in [0.2, 0.25) is 0 Å². The molecule has 0 fully saturated rings. The van der Waals surface area contributed by atoms with E-state index in [1.54, 1.807) is 0 Å². The molecule has 0 bridgehead atoms. The summed E-state index contributed by atoms with van der Waals surface area (Å²) in [6, 6.07) is 16.6. The van der Waals surface area contributed by atoms with Gasteiger partial charge in [-0.2, -0.15) is 0 Å². The summed E-state index contributed by atoms with van der Waals surface area (Å²) < 4.78 is 6.79. The predicted molar refractivity (Wildman–Crippen MR) is 87.2 cm³/mol. The maximum Gasteiger partial charge on any atom is 0.120 e. The quantitative estimate of drug-likeness (QED) is 0.782. The SMILES string of the molecule is Cc1cccc(CN(C)CCOc2cccc(Br)c2)c1. The van der Waals surface area contributed by atoms with E-state index >= 15 is 0 Å². The Morgan fingerprint density at radius 2 is 1.90 bits per heavy atom. The van der Waals surface area contributed by atoms with Crippen LogP contribution in [0.25, 0.3) is 0 Å². The van der Waals surface area contributed by atoms with Crippen molar-refractivity contribution in [3.8, 4) is 5.75 Å². The van der Waals surface area contributed by atoms with Crippen LogP contribution in [0.4, 0.5) is 0 Å². The first-order chi connectivity index (χ1) is 9.63. The van der Waals surface area contributed by atoms with Crippen molar-refractivity contribution in [2.75, 3.05) is 20.2 Å². The van der Waals surface area contributed by atoms with E-state index in [1.165, 1.54) is 11.1 Å². The zero-order valence-corrected chi connectivity index (χ0v) is 13.6. The Hall–Kier alpha value is -1.32. The van der Waals surface area contributed by atoms with Crippen LogP contribution in [0.15, 0.2) is 53.0 Å². The number of benzene rings is 2. The highest BCUT2D eigenvalue weighted by molar-refractivity contribution is 9.10. The maximum absolute atomic E-state index is 5.75. The smallest absolute Gasteiger partial charge is 0.120 e. The summed E-state index contributed by atoms with van der Waals surface area (Å²) in [5.41, 5.74) is 2.65. The number of halogens is 1. The maximum atomic E-state index is 5.75. The molecule has 106 valence electrons. The van der Waals surface area contributed by atoms with Crippen molar-refractivity contribution >= 4 is 15.9 Å². The average molecular weight is 334 g/mol. The number of hydrogen-bond donors (Lipinski definition) is 0. The van der Waals surface area contributed by atoms with Gasteiger partial charge in [0.25, 0.3) is 0 Å².